The molecule has 1 unspecified atom stereocenters. The molecule has 1 spiro atoms. The maximum absolute atomic E-state index is 11.3. The van der Waals surface area contributed by atoms with Crippen molar-refractivity contribution in [3.8, 4) is 0 Å². The molecule has 1 amide bonds. The summed E-state index contributed by atoms with van der Waals surface area (Å²) in [5.74, 6) is 0.762. The standard InChI is InChI=1S/C10H17NO2/c1-2-8-7-9(12)11-10(8)3-5-13-6-4-10/h8H,2-7H2,1H3,(H,11,12). The third-order valence-corrected chi connectivity index (χ3v) is 3.48. The topological polar surface area (TPSA) is 38.3 Å². The maximum Gasteiger partial charge on any atom is 0.220 e. The Morgan fingerprint density at radius 3 is 2.85 bits per heavy atom. The number of hydrogen-bond acceptors (Lipinski definition) is 2. The van der Waals surface area contributed by atoms with E-state index < -0.39 is 0 Å². The van der Waals surface area contributed by atoms with Crippen LogP contribution in [-0.2, 0) is 9.53 Å². The second-order valence-corrected chi connectivity index (χ2v) is 4.13. The van der Waals surface area contributed by atoms with Crippen LogP contribution in [0.1, 0.15) is 32.6 Å². The Bertz CT molecular complexity index is 209. The number of ether oxygens (including phenoxy) is 1. The van der Waals surface area contributed by atoms with Crippen LogP contribution in [0.3, 0.4) is 0 Å². The summed E-state index contributed by atoms with van der Waals surface area (Å²) >= 11 is 0. The molecule has 0 bridgehead atoms. The zero-order chi connectivity index (χ0) is 9.31. The quantitative estimate of drug-likeness (QED) is 0.660. The van der Waals surface area contributed by atoms with Crippen LogP contribution in [0.25, 0.3) is 0 Å². The molecule has 2 saturated heterocycles. The van der Waals surface area contributed by atoms with E-state index >= 15 is 0 Å². The van der Waals surface area contributed by atoms with E-state index in [0.717, 1.165) is 38.9 Å². The smallest absolute Gasteiger partial charge is 0.220 e. The fraction of sp³-hybridized carbons (Fsp3) is 0.900. The normalized spacial score (nSPS) is 32.1. The van der Waals surface area contributed by atoms with E-state index in [0.29, 0.717) is 5.92 Å². The molecule has 2 heterocycles. The van der Waals surface area contributed by atoms with Gasteiger partial charge in [-0.1, -0.05) is 13.3 Å². The minimum absolute atomic E-state index is 0.0874. The van der Waals surface area contributed by atoms with Crippen LogP contribution in [-0.4, -0.2) is 24.7 Å². The third-order valence-electron chi connectivity index (χ3n) is 3.48. The molecule has 2 rings (SSSR count). The highest BCUT2D eigenvalue weighted by molar-refractivity contribution is 5.80. The predicted octanol–water partition coefficient (Wildman–Crippen LogP) is 1.08. The van der Waals surface area contributed by atoms with Crippen LogP contribution in [0.5, 0.6) is 0 Å². The summed E-state index contributed by atoms with van der Waals surface area (Å²) in [5.41, 5.74) is 0.0874. The summed E-state index contributed by atoms with van der Waals surface area (Å²) in [7, 11) is 0. The summed E-state index contributed by atoms with van der Waals surface area (Å²) in [6.07, 6.45) is 3.81. The van der Waals surface area contributed by atoms with Gasteiger partial charge in [0.15, 0.2) is 0 Å². The maximum atomic E-state index is 11.3. The Balaban J connectivity index is 2.13. The van der Waals surface area contributed by atoms with E-state index in [1.807, 2.05) is 0 Å². The van der Waals surface area contributed by atoms with E-state index in [2.05, 4.69) is 12.2 Å². The van der Waals surface area contributed by atoms with Gasteiger partial charge in [0.05, 0.1) is 0 Å². The van der Waals surface area contributed by atoms with Crippen molar-refractivity contribution in [2.24, 2.45) is 5.92 Å². The average molecular weight is 183 g/mol. The molecule has 3 nitrogen and oxygen atoms in total. The highest BCUT2D eigenvalue weighted by Crippen LogP contribution is 2.37. The van der Waals surface area contributed by atoms with Crippen molar-refractivity contribution >= 4 is 5.91 Å². The molecule has 0 aromatic rings. The number of carbonyl (C=O) groups is 1. The van der Waals surface area contributed by atoms with Crippen molar-refractivity contribution in [2.75, 3.05) is 13.2 Å². The Labute approximate surface area is 78.8 Å². The average Bonchev–Trinajstić information content (AvgIpc) is 2.43. The van der Waals surface area contributed by atoms with Gasteiger partial charge in [-0.2, -0.15) is 0 Å². The summed E-state index contributed by atoms with van der Waals surface area (Å²) in [6, 6.07) is 0. The molecule has 1 atom stereocenters. The van der Waals surface area contributed by atoms with Gasteiger partial charge in [-0.3, -0.25) is 4.79 Å². The molecular formula is C10H17NO2. The van der Waals surface area contributed by atoms with Crippen LogP contribution in [0.4, 0.5) is 0 Å². The first kappa shape index (κ1) is 9.00. The van der Waals surface area contributed by atoms with Crippen molar-refractivity contribution in [3.05, 3.63) is 0 Å². The van der Waals surface area contributed by atoms with E-state index in [9.17, 15) is 4.79 Å². The van der Waals surface area contributed by atoms with E-state index in [4.69, 9.17) is 4.74 Å². The van der Waals surface area contributed by atoms with E-state index in [1.54, 1.807) is 0 Å². The van der Waals surface area contributed by atoms with E-state index in [1.165, 1.54) is 0 Å². The summed E-state index contributed by atoms with van der Waals surface area (Å²) < 4.78 is 5.33. The number of rotatable bonds is 1. The number of amides is 1. The largest absolute Gasteiger partial charge is 0.381 e. The lowest BCUT2D eigenvalue weighted by Gasteiger charge is -2.38. The highest BCUT2D eigenvalue weighted by atomic mass is 16.5. The lowest BCUT2D eigenvalue weighted by Crippen LogP contribution is -2.49. The van der Waals surface area contributed by atoms with Gasteiger partial charge in [0, 0.05) is 25.2 Å². The Kier molecular flexibility index (Phi) is 2.28. The van der Waals surface area contributed by atoms with Crippen LogP contribution in [0, 0.1) is 5.92 Å². The second-order valence-electron chi connectivity index (χ2n) is 4.13. The van der Waals surface area contributed by atoms with Crippen molar-refractivity contribution in [2.45, 2.75) is 38.1 Å². The number of hydrogen-bond donors (Lipinski definition) is 1. The molecule has 0 saturated carbocycles. The first-order valence-electron chi connectivity index (χ1n) is 5.15. The van der Waals surface area contributed by atoms with E-state index in [-0.39, 0.29) is 11.4 Å². The summed E-state index contributed by atoms with van der Waals surface area (Å²) in [4.78, 5) is 11.3. The summed E-state index contributed by atoms with van der Waals surface area (Å²) in [6.45, 7) is 3.77. The number of nitrogens with one attached hydrogen (secondary N) is 1. The molecule has 0 aliphatic carbocycles. The minimum atomic E-state index is 0.0874. The van der Waals surface area contributed by atoms with Crippen molar-refractivity contribution < 1.29 is 9.53 Å². The minimum Gasteiger partial charge on any atom is -0.381 e. The zero-order valence-corrected chi connectivity index (χ0v) is 8.14. The van der Waals surface area contributed by atoms with Crippen LogP contribution in [0.15, 0.2) is 0 Å². The molecule has 13 heavy (non-hydrogen) atoms. The van der Waals surface area contributed by atoms with Crippen molar-refractivity contribution in [1.82, 2.24) is 5.32 Å². The Hall–Kier alpha value is -0.570. The van der Waals surface area contributed by atoms with Gasteiger partial charge in [0.2, 0.25) is 5.91 Å². The lowest BCUT2D eigenvalue weighted by atomic mass is 9.78. The highest BCUT2D eigenvalue weighted by Gasteiger charge is 2.45. The second kappa shape index (κ2) is 3.29. The molecular weight excluding hydrogens is 166 g/mol. The summed E-state index contributed by atoms with van der Waals surface area (Å²) in [5, 5.41) is 3.15. The molecule has 1 N–H and O–H groups in total. The van der Waals surface area contributed by atoms with Gasteiger partial charge in [0.25, 0.3) is 0 Å². The molecule has 2 aliphatic heterocycles. The van der Waals surface area contributed by atoms with Crippen LogP contribution in [0.2, 0.25) is 0 Å². The Morgan fingerprint density at radius 1 is 1.54 bits per heavy atom. The zero-order valence-electron chi connectivity index (χ0n) is 8.14. The molecule has 0 radical (unpaired) electrons. The Morgan fingerprint density at radius 2 is 2.23 bits per heavy atom. The molecule has 0 aromatic carbocycles. The fourth-order valence-electron chi connectivity index (χ4n) is 2.65. The fourth-order valence-corrected chi connectivity index (χ4v) is 2.65. The SMILES string of the molecule is CCC1CC(=O)NC12CCOCC2. The predicted molar refractivity (Wildman–Crippen MR) is 49.3 cm³/mol. The number of carbonyl (C=O) groups excluding carboxylic acids is 1. The molecule has 3 heteroatoms. The van der Waals surface area contributed by atoms with Gasteiger partial charge in [-0.05, 0) is 18.8 Å². The first-order valence-corrected chi connectivity index (χ1v) is 5.15. The first-order chi connectivity index (χ1) is 6.27. The van der Waals surface area contributed by atoms with Gasteiger partial charge < -0.3 is 10.1 Å². The van der Waals surface area contributed by atoms with Crippen molar-refractivity contribution in [3.63, 3.8) is 0 Å². The van der Waals surface area contributed by atoms with Gasteiger partial charge >= 0.3 is 0 Å². The molecule has 2 aliphatic rings. The van der Waals surface area contributed by atoms with Crippen molar-refractivity contribution in [1.29, 1.82) is 0 Å². The molecule has 0 aromatic heterocycles. The molecule has 74 valence electrons. The lowest BCUT2D eigenvalue weighted by molar-refractivity contribution is -0.120. The monoisotopic (exact) mass is 183 g/mol. The van der Waals surface area contributed by atoms with Gasteiger partial charge in [-0.25, -0.2) is 0 Å². The third kappa shape index (κ3) is 1.46. The molecule has 2 fully saturated rings. The van der Waals surface area contributed by atoms with Crippen LogP contribution >= 0.6 is 0 Å². The van der Waals surface area contributed by atoms with Gasteiger partial charge in [0.1, 0.15) is 0 Å². The van der Waals surface area contributed by atoms with Gasteiger partial charge in [-0.15, -0.1) is 0 Å². The van der Waals surface area contributed by atoms with Crippen LogP contribution < -0.4 is 5.32 Å².